The molecule has 0 aliphatic rings. The number of carbonyl (C=O) groups is 2. The van der Waals surface area contributed by atoms with E-state index in [0.717, 1.165) is 17.7 Å². The summed E-state index contributed by atoms with van der Waals surface area (Å²) in [5.74, 6) is -1.06. The van der Waals surface area contributed by atoms with Crippen LogP contribution in [0.1, 0.15) is 37.5 Å². The molecule has 148 valence electrons. The van der Waals surface area contributed by atoms with Crippen LogP contribution in [0.25, 0.3) is 6.08 Å². The van der Waals surface area contributed by atoms with Gasteiger partial charge in [-0.2, -0.15) is 0 Å². The predicted octanol–water partition coefficient (Wildman–Crippen LogP) is 4.75. The van der Waals surface area contributed by atoms with Crippen LogP contribution in [-0.4, -0.2) is 12.0 Å². The number of hydrogen-bond acceptors (Lipinski definition) is 3. The van der Waals surface area contributed by atoms with Gasteiger partial charge >= 0.3 is 6.09 Å². The van der Waals surface area contributed by atoms with Gasteiger partial charge in [0, 0.05) is 6.08 Å². The molecule has 0 unspecified atom stereocenters. The minimum atomic E-state index is -0.790. The molecule has 0 aromatic heterocycles. The molecule has 0 aliphatic carbocycles. The molecule has 2 N–H and O–H groups in total. The van der Waals surface area contributed by atoms with Crippen LogP contribution in [0.4, 0.5) is 9.18 Å². The van der Waals surface area contributed by atoms with Crippen LogP contribution in [0, 0.1) is 5.82 Å². The third-order valence-electron chi connectivity index (χ3n) is 3.85. The maximum atomic E-state index is 13.0. The highest BCUT2D eigenvalue weighted by atomic mass is 35.5. The summed E-state index contributed by atoms with van der Waals surface area (Å²) in [4.78, 5) is 23.4. The molecule has 2 rings (SSSR count). The molecular formula is C21H22ClFN2O3. The third kappa shape index (κ3) is 6.70. The highest BCUT2D eigenvalue weighted by Gasteiger charge is 2.13. The maximum Gasteiger partial charge on any atom is 0.426 e. The fourth-order valence-corrected chi connectivity index (χ4v) is 2.47. The molecule has 5 nitrogen and oxygen atoms in total. The number of carbonyl (C=O) groups excluding carboxylic acids is 2. The van der Waals surface area contributed by atoms with Gasteiger partial charge in [0.05, 0.1) is 5.02 Å². The van der Waals surface area contributed by atoms with Crippen molar-refractivity contribution in [3.05, 3.63) is 76.1 Å². The van der Waals surface area contributed by atoms with E-state index in [1.54, 1.807) is 0 Å². The summed E-state index contributed by atoms with van der Waals surface area (Å²) >= 11 is 5.86. The molecule has 0 fully saturated rings. The SMILES string of the molecule is CC(C)(C)c1ccc(COC(=O)NNC(=O)/C=C/c2ccc(F)cc2Cl)cc1. The number of hydrogen-bond donors (Lipinski definition) is 2. The van der Waals surface area contributed by atoms with Crippen molar-refractivity contribution in [1.29, 1.82) is 0 Å². The zero-order valence-corrected chi connectivity index (χ0v) is 16.6. The van der Waals surface area contributed by atoms with E-state index in [2.05, 4.69) is 31.6 Å². The van der Waals surface area contributed by atoms with Crippen LogP contribution < -0.4 is 10.9 Å². The van der Waals surface area contributed by atoms with Gasteiger partial charge in [-0.15, -0.1) is 0 Å². The molecule has 0 atom stereocenters. The van der Waals surface area contributed by atoms with E-state index in [-0.39, 0.29) is 17.0 Å². The maximum absolute atomic E-state index is 13.0. The van der Waals surface area contributed by atoms with E-state index < -0.39 is 17.8 Å². The number of nitrogens with one attached hydrogen (secondary N) is 2. The normalized spacial score (nSPS) is 11.3. The van der Waals surface area contributed by atoms with Gasteiger partial charge in [0.15, 0.2) is 0 Å². The minimum absolute atomic E-state index is 0.0483. The Morgan fingerprint density at radius 1 is 1.11 bits per heavy atom. The van der Waals surface area contributed by atoms with E-state index in [1.807, 2.05) is 24.3 Å². The molecule has 0 saturated carbocycles. The van der Waals surface area contributed by atoms with Gasteiger partial charge in [0.2, 0.25) is 0 Å². The van der Waals surface area contributed by atoms with Gasteiger partial charge in [-0.3, -0.25) is 10.2 Å². The molecule has 28 heavy (non-hydrogen) atoms. The lowest BCUT2D eigenvalue weighted by molar-refractivity contribution is -0.117. The molecule has 7 heteroatoms. The van der Waals surface area contributed by atoms with Crippen LogP contribution in [-0.2, 0) is 21.6 Å². The highest BCUT2D eigenvalue weighted by Crippen LogP contribution is 2.22. The minimum Gasteiger partial charge on any atom is -0.443 e. The number of ether oxygens (including phenoxy) is 1. The number of hydrazine groups is 1. The quantitative estimate of drug-likeness (QED) is 0.571. The first-order valence-electron chi connectivity index (χ1n) is 8.60. The summed E-state index contributed by atoms with van der Waals surface area (Å²) in [7, 11) is 0. The Labute approximate surface area is 168 Å². The van der Waals surface area contributed by atoms with Gasteiger partial charge in [-0.1, -0.05) is 62.7 Å². The molecule has 0 radical (unpaired) electrons. The fourth-order valence-electron chi connectivity index (χ4n) is 2.24. The van der Waals surface area contributed by atoms with Crippen LogP contribution in [0.2, 0.25) is 5.02 Å². The molecular weight excluding hydrogens is 383 g/mol. The van der Waals surface area contributed by atoms with E-state index >= 15 is 0 Å². The molecule has 0 heterocycles. The average Bonchev–Trinajstić information content (AvgIpc) is 2.63. The first-order valence-corrected chi connectivity index (χ1v) is 8.98. The van der Waals surface area contributed by atoms with Crippen molar-refractivity contribution in [2.24, 2.45) is 0 Å². The van der Waals surface area contributed by atoms with E-state index in [1.165, 1.54) is 23.8 Å². The van der Waals surface area contributed by atoms with Gasteiger partial charge < -0.3 is 4.74 Å². The predicted molar refractivity (Wildman–Crippen MR) is 107 cm³/mol. The molecule has 0 aliphatic heterocycles. The Bertz CT molecular complexity index is 874. The van der Waals surface area contributed by atoms with Crippen molar-refractivity contribution in [3.63, 3.8) is 0 Å². The number of rotatable bonds is 4. The van der Waals surface area contributed by atoms with Crippen LogP contribution in [0.3, 0.4) is 0 Å². The molecule has 0 bridgehead atoms. The Balaban J connectivity index is 1.77. The van der Waals surface area contributed by atoms with Crippen molar-refractivity contribution >= 4 is 29.7 Å². The summed E-state index contributed by atoms with van der Waals surface area (Å²) in [6.07, 6.45) is 1.77. The number of amides is 2. The molecule has 2 aromatic rings. The Morgan fingerprint density at radius 2 is 1.79 bits per heavy atom. The number of halogens is 2. The van der Waals surface area contributed by atoms with Gasteiger partial charge in [-0.25, -0.2) is 14.6 Å². The summed E-state index contributed by atoms with van der Waals surface area (Å²) in [6, 6.07) is 11.6. The summed E-state index contributed by atoms with van der Waals surface area (Å²) in [6.45, 7) is 6.43. The molecule has 2 amide bonds. The third-order valence-corrected chi connectivity index (χ3v) is 4.18. The van der Waals surface area contributed by atoms with Crippen molar-refractivity contribution in [1.82, 2.24) is 10.9 Å². The molecule has 0 spiro atoms. The lowest BCUT2D eigenvalue weighted by Crippen LogP contribution is -2.41. The lowest BCUT2D eigenvalue weighted by atomic mass is 9.87. The Kier molecular flexibility index (Phi) is 7.18. The topological polar surface area (TPSA) is 67.4 Å². The molecule has 0 saturated heterocycles. The summed E-state index contributed by atoms with van der Waals surface area (Å²) in [5.41, 5.74) is 6.86. The number of benzene rings is 2. The highest BCUT2D eigenvalue weighted by molar-refractivity contribution is 6.32. The van der Waals surface area contributed by atoms with Gasteiger partial charge in [0.1, 0.15) is 12.4 Å². The largest absolute Gasteiger partial charge is 0.443 e. The van der Waals surface area contributed by atoms with Crippen molar-refractivity contribution in [2.45, 2.75) is 32.8 Å². The zero-order chi connectivity index (χ0) is 20.7. The van der Waals surface area contributed by atoms with Crippen LogP contribution in [0.5, 0.6) is 0 Å². The van der Waals surface area contributed by atoms with Gasteiger partial charge in [-0.05, 0) is 40.3 Å². The van der Waals surface area contributed by atoms with Crippen molar-refractivity contribution in [3.8, 4) is 0 Å². The zero-order valence-electron chi connectivity index (χ0n) is 15.9. The summed E-state index contributed by atoms with van der Waals surface area (Å²) < 4.78 is 18.0. The van der Waals surface area contributed by atoms with E-state index in [9.17, 15) is 14.0 Å². The fraction of sp³-hybridized carbons (Fsp3) is 0.238. The Morgan fingerprint density at radius 3 is 2.39 bits per heavy atom. The second-order valence-electron chi connectivity index (χ2n) is 7.14. The lowest BCUT2D eigenvalue weighted by Gasteiger charge is -2.19. The van der Waals surface area contributed by atoms with Crippen LogP contribution >= 0.6 is 11.6 Å². The second-order valence-corrected chi connectivity index (χ2v) is 7.54. The standard InChI is InChI=1S/C21H22ClFN2O3/c1-21(2,3)16-8-4-14(5-9-16)13-28-20(27)25-24-19(26)11-7-15-6-10-17(23)12-18(15)22/h4-12H,13H2,1-3H3,(H,24,26)(H,25,27)/b11-7+. The average molecular weight is 405 g/mol. The summed E-state index contributed by atoms with van der Waals surface area (Å²) in [5, 5.41) is 0.175. The van der Waals surface area contributed by atoms with Crippen LogP contribution in [0.15, 0.2) is 48.5 Å². The second kappa shape index (κ2) is 9.37. The van der Waals surface area contributed by atoms with Crippen molar-refractivity contribution < 1.29 is 18.7 Å². The van der Waals surface area contributed by atoms with E-state index in [0.29, 0.717) is 5.56 Å². The monoisotopic (exact) mass is 404 g/mol. The first-order chi connectivity index (χ1) is 13.1. The smallest absolute Gasteiger partial charge is 0.426 e. The van der Waals surface area contributed by atoms with Gasteiger partial charge in [0.25, 0.3) is 5.91 Å². The first kappa shape index (κ1) is 21.4. The van der Waals surface area contributed by atoms with Crippen molar-refractivity contribution in [2.75, 3.05) is 0 Å². The Hall–Kier alpha value is -2.86. The molecule has 2 aromatic carbocycles. The van der Waals surface area contributed by atoms with E-state index in [4.69, 9.17) is 16.3 Å².